The third kappa shape index (κ3) is 19.9. The molecule has 3 unspecified atom stereocenters. The van der Waals surface area contributed by atoms with E-state index in [0.29, 0.717) is 0 Å². The van der Waals surface area contributed by atoms with E-state index in [9.17, 15) is 19.5 Å². The van der Waals surface area contributed by atoms with E-state index < -0.39 is 23.8 Å². The summed E-state index contributed by atoms with van der Waals surface area (Å²) in [5.74, 6) is 1.32. The van der Waals surface area contributed by atoms with Gasteiger partial charge in [0.05, 0.1) is 0 Å². The Hall–Kier alpha value is -1.50. The van der Waals surface area contributed by atoms with Crippen LogP contribution in [-0.2, 0) is 14.4 Å². The van der Waals surface area contributed by atoms with Crippen LogP contribution < -0.4 is 11.1 Å². The third-order valence-electron chi connectivity index (χ3n) is 6.21. The number of carboxylic acid groups (broad SMARTS) is 1. The number of aliphatic carboxylic acids is 1. The van der Waals surface area contributed by atoms with E-state index in [1.807, 2.05) is 0 Å². The molecule has 7 heteroatoms. The van der Waals surface area contributed by atoms with Crippen LogP contribution in [0.3, 0.4) is 0 Å². The van der Waals surface area contributed by atoms with E-state index in [2.05, 4.69) is 46.0 Å². The molecule has 0 radical (unpaired) electrons. The van der Waals surface area contributed by atoms with Crippen molar-refractivity contribution >= 4 is 29.5 Å². The highest BCUT2D eigenvalue weighted by molar-refractivity contribution is 7.99. The summed E-state index contributed by atoms with van der Waals surface area (Å²) in [5.41, 5.74) is 6.35. The average molecular weight is 499 g/mol. The van der Waals surface area contributed by atoms with Crippen LogP contribution in [0.1, 0.15) is 105 Å². The molecule has 0 saturated heterocycles. The number of hydrogen-bond donors (Lipinski definition) is 3. The Labute approximate surface area is 212 Å². The van der Waals surface area contributed by atoms with E-state index >= 15 is 0 Å². The van der Waals surface area contributed by atoms with Crippen molar-refractivity contribution in [2.45, 2.75) is 111 Å². The number of nitrogens with two attached hydrogens (primary N) is 1. The number of allylic oxidation sites excluding steroid dienone is 1. The lowest BCUT2D eigenvalue weighted by Gasteiger charge is -2.15. The van der Waals surface area contributed by atoms with Gasteiger partial charge in [0.15, 0.2) is 0 Å². The molecule has 198 valence electrons. The number of hydrogen-bond acceptors (Lipinski definition) is 4. The van der Waals surface area contributed by atoms with E-state index in [4.69, 9.17) is 5.73 Å². The van der Waals surface area contributed by atoms with Crippen molar-refractivity contribution in [2.24, 2.45) is 23.5 Å². The normalized spacial score (nSPS) is 14.6. The molecule has 0 aliphatic heterocycles. The lowest BCUT2D eigenvalue weighted by Crippen LogP contribution is -2.42. The molecule has 0 spiro atoms. The van der Waals surface area contributed by atoms with Crippen LogP contribution in [0.4, 0.5) is 0 Å². The van der Waals surface area contributed by atoms with Crippen LogP contribution in [0.5, 0.6) is 0 Å². The minimum Gasteiger partial charge on any atom is -0.480 e. The lowest BCUT2D eigenvalue weighted by atomic mass is 9.91. The zero-order chi connectivity index (χ0) is 25.9. The van der Waals surface area contributed by atoms with E-state index in [0.717, 1.165) is 29.9 Å². The number of carbonyl (C=O) groups is 3. The summed E-state index contributed by atoms with van der Waals surface area (Å²) in [6.07, 6.45) is 13.6. The molecule has 6 nitrogen and oxygen atoms in total. The summed E-state index contributed by atoms with van der Waals surface area (Å²) in [6.45, 7) is 11.5. The van der Waals surface area contributed by atoms with Gasteiger partial charge >= 0.3 is 5.97 Å². The Kier molecular flexibility index (Phi) is 18.9. The van der Waals surface area contributed by atoms with E-state index in [1.165, 1.54) is 68.7 Å². The van der Waals surface area contributed by atoms with Crippen molar-refractivity contribution in [1.29, 1.82) is 0 Å². The molecule has 0 aromatic carbocycles. The van der Waals surface area contributed by atoms with Crippen LogP contribution in [0.2, 0.25) is 0 Å². The summed E-state index contributed by atoms with van der Waals surface area (Å²) < 4.78 is 0. The van der Waals surface area contributed by atoms with Gasteiger partial charge < -0.3 is 16.2 Å². The maximum absolute atomic E-state index is 11.7. The Morgan fingerprint density at radius 1 is 0.882 bits per heavy atom. The van der Waals surface area contributed by atoms with Crippen molar-refractivity contribution in [3.8, 4) is 0 Å². The summed E-state index contributed by atoms with van der Waals surface area (Å²) in [6, 6.07) is -0.960. The predicted molar refractivity (Wildman–Crippen MR) is 144 cm³/mol. The minimum atomic E-state index is -1.07. The maximum Gasteiger partial charge on any atom is 0.327 e. The first kappa shape index (κ1) is 32.5. The predicted octanol–water partition coefficient (Wildman–Crippen LogP) is 5.94. The molecule has 0 aromatic heterocycles. The summed E-state index contributed by atoms with van der Waals surface area (Å²) >= 11 is 1.48. The fourth-order valence-corrected chi connectivity index (χ4v) is 4.87. The fraction of sp³-hybridized carbons (Fsp3) is 0.815. The van der Waals surface area contributed by atoms with Crippen LogP contribution in [0.25, 0.3) is 0 Å². The smallest absolute Gasteiger partial charge is 0.327 e. The first-order valence-corrected chi connectivity index (χ1v) is 14.2. The molecule has 2 amide bonds. The second kappa shape index (κ2) is 19.8. The summed E-state index contributed by atoms with van der Waals surface area (Å²) in [5, 5.41) is 11.7. The van der Waals surface area contributed by atoms with Crippen molar-refractivity contribution in [3.63, 3.8) is 0 Å². The Morgan fingerprint density at radius 2 is 1.44 bits per heavy atom. The molecular formula is C27H50N2O4S. The molecule has 3 atom stereocenters. The number of amides is 2. The highest BCUT2D eigenvalue weighted by atomic mass is 32.2. The van der Waals surface area contributed by atoms with Crippen LogP contribution in [0, 0.1) is 17.8 Å². The van der Waals surface area contributed by atoms with Gasteiger partial charge in [0.1, 0.15) is 6.04 Å². The zero-order valence-corrected chi connectivity index (χ0v) is 23.1. The minimum absolute atomic E-state index is 0.0799. The molecule has 0 heterocycles. The SMILES string of the molecule is C/C(=C\CSCC(NC(=O)CCC(N)=O)C(=O)O)CCCC(C)CCCC(C)CCCC(C)C. The Morgan fingerprint density at radius 3 is 1.97 bits per heavy atom. The summed E-state index contributed by atoms with van der Waals surface area (Å²) in [4.78, 5) is 33.8. The highest BCUT2D eigenvalue weighted by Gasteiger charge is 2.19. The molecule has 0 aliphatic carbocycles. The third-order valence-corrected chi connectivity index (χ3v) is 7.18. The maximum atomic E-state index is 11.7. The second-order valence-corrected chi connectivity index (χ2v) is 11.4. The number of carboxylic acids is 1. The van der Waals surface area contributed by atoms with Gasteiger partial charge in [-0.1, -0.05) is 84.3 Å². The van der Waals surface area contributed by atoms with Gasteiger partial charge in [0.2, 0.25) is 11.8 Å². The average Bonchev–Trinajstić information content (AvgIpc) is 2.73. The van der Waals surface area contributed by atoms with Gasteiger partial charge in [-0.3, -0.25) is 9.59 Å². The molecule has 0 fully saturated rings. The van der Waals surface area contributed by atoms with Crippen LogP contribution in [0.15, 0.2) is 11.6 Å². The van der Waals surface area contributed by atoms with Crippen molar-refractivity contribution in [1.82, 2.24) is 5.32 Å². The van der Waals surface area contributed by atoms with Gasteiger partial charge in [0.25, 0.3) is 0 Å². The number of rotatable bonds is 21. The van der Waals surface area contributed by atoms with Crippen LogP contribution in [-0.4, -0.2) is 40.4 Å². The first-order chi connectivity index (χ1) is 16.0. The highest BCUT2D eigenvalue weighted by Crippen LogP contribution is 2.22. The quantitative estimate of drug-likeness (QED) is 0.134. The van der Waals surface area contributed by atoms with Crippen molar-refractivity contribution in [3.05, 3.63) is 11.6 Å². The molecule has 0 rings (SSSR count). The largest absolute Gasteiger partial charge is 0.480 e. The molecule has 0 aliphatic rings. The van der Waals surface area contributed by atoms with Gasteiger partial charge in [-0.05, 0) is 37.5 Å². The molecule has 0 aromatic rings. The zero-order valence-electron chi connectivity index (χ0n) is 22.2. The molecule has 34 heavy (non-hydrogen) atoms. The Balaban J connectivity index is 3.99. The molecule has 4 N–H and O–H groups in total. The molecule has 0 saturated carbocycles. The number of thioether (sulfide) groups is 1. The van der Waals surface area contributed by atoms with Crippen molar-refractivity contribution in [2.75, 3.05) is 11.5 Å². The monoisotopic (exact) mass is 498 g/mol. The second-order valence-electron chi connectivity index (χ2n) is 10.4. The number of nitrogens with one attached hydrogen (secondary N) is 1. The van der Waals surface area contributed by atoms with Gasteiger partial charge in [-0.25, -0.2) is 4.79 Å². The molecular weight excluding hydrogens is 448 g/mol. The first-order valence-electron chi connectivity index (χ1n) is 13.0. The van der Waals surface area contributed by atoms with Crippen molar-refractivity contribution < 1.29 is 19.5 Å². The lowest BCUT2D eigenvalue weighted by molar-refractivity contribution is -0.141. The topological polar surface area (TPSA) is 109 Å². The van der Waals surface area contributed by atoms with Gasteiger partial charge in [-0.2, -0.15) is 11.8 Å². The number of carbonyl (C=O) groups excluding carboxylic acids is 2. The van der Waals surface area contributed by atoms with Gasteiger partial charge in [0, 0.05) is 24.3 Å². The standard InChI is InChI=1S/C27H50N2O4S/c1-20(2)9-6-10-21(3)11-7-12-22(4)13-8-14-23(5)17-18-34-19-24(27(32)33)29-26(31)16-15-25(28)30/h17,20-22,24H,6-16,18-19H2,1-5H3,(H2,28,30)(H,29,31)(H,32,33)/b23-17+. The van der Waals surface area contributed by atoms with E-state index in [1.54, 1.807) is 0 Å². The summed E-state index contributed by atoms with van der Waals surface area (Å²) in [7, 11) is 0. The number of primary amides is 1. The van der Waals surface area contributed by atoms with Crippen LogP contribution >= 0.6 is 11.8 Å². The molecule has 0 bridgehead atoms. The fourth-order valence-electron chi connectivity index (χ4n) is 3.87. The van der Waals surface area contributed by atoms with Gasteiger partial charge in [-0.15, -0.1) is 0 Å². The van der Waals surface area contributed by atoms with E-state index in [-0.39, 0.29) is 18.6 Å². The Bertz CT molecular complexity index is 622.